The summed E-state index contributed by atoms with van der Waals surface area (Å²) < 4.78 is 8.24. The van der Waals surface area contributed by atoms with E-state index >= 15 is 0 Å². The molecule has 1 fully saturated rings. The van der Waals surface area contributed by atoms with Gasteiger partial charge in [-0.15, -0.1) is 0 Å². The average Bonchev–Trinajstić information content (AvgIpc) is 3.34. The van der Waals surface area contributed by atoms with Crippen LogP contribution in [0, 0.1) is 6.92 Å². The summed E-state index contributed by atoms with van der Waals surface area (Å²) in [5.41, 5.74) is 6.30. The summed E-state index contributed by atoms with van der Waals surface area (Å²) >= 11 is 0. The van der Waals surface area contributed by atoms with Crippen LogP contribution in [0.2, 0.25) is 0 Å². The van der Waals surface area contributed by atoms with Crippen molar-refractivity contribution in [1.82, 2.24) is 14.5 Å². The number of carboxylic acids is 1. The SMILES string of the molecule is Cc1ccc2c(c1)c1c(n2CC(OCC(=O)O)c2ccncc2)CCN2CCCC12. The standard InChI is InChI=1S/C24H27N3O3/c1-16-4-5-19-18(13-16)24-20-3-2-11-26(20)12-8-21(24)27(19)14-22(30-15-23(28)29)17-6-9-25-10-7-17/h4-7,9-10,13,20,22H,2-3,8,11-12,14-15H2,1H3,(H,28,29). The molecule has 1 saturated heterocycles. The van der Waals surface area contributed by atoms with Gasteiger partial charge in [0, 0.05) is 48.0 Å². The lowest BCUT2D eigenvalue weighted by Crippen LogP contribution is -2.31. The smallest absolute Gasteiger partial charge is 0.329 e. The Balaban J connectivity index is 1.60. The maximum Gasteiger partial charge on any atom is 0.329 e. The third-order valence-corrected chi connectivity index (χ3v) is 6.54. The van der Waals surface area contributed by atoms with Gasteiger partial charge in [-0.2, -0.15) is 0 Å². The third-order valence-electron chi connectivity index (χ3n) is 6.54. The van der Waals surface area contributed by atoms with E-state index in [-0.39, 0.29) is 12.7 Å². The number of hydrogen-bond acceptors (Lipinski definition) is 4. The normalized spacial score (nSPS) is 19.6. The number of aryl methyl sites for hydroxylation is 1. The molecule has 2 aliphatic rings. The zero-order valence-corrected chi connectivity index (χ0v) is 17.3. The van der Waals surface area contributed by atoms with E-state index in [1.807, 2.05) is 12.1 Å². The van der Waals surface area contributed by atoms with Crippen LogP contribution >= 0.6 is 0 Å². The zero-order valence-electron chi connectivity index (χ0n) is 17.3. The van der Waals surface area contributed by atoms with E-state index in [0.717, 1.165) is 18.5 Å². The van der Waals surface area contributed by atoms with Gasteiger partial charge in [-0.3, -0.25) is 9.88 Å². The van der Waals surface area contributed by atoms with Gasteiger partial charge in [-0.05, 0) is 61.7 Å². The largest absolute Gasteiger partial charge is 0.480 e. The molecule has 1 N–H and O–H groups in total. The summed E-state index contributed by atoms with van der Waals surface area (Å²) in [7, 11) is 0. The third kappa shape index (κ3) is 3.40. The molecule has 0 bridgehead atoms. The zero-order chi connectivity index (χ0) is 20.7. The Morgan fingerprint density at radius 1 is 1.27 bits per heavy atom. The number of pyridine rings is 1. The minimum atomic E-state index is -0.953. The van der Waals surface area contributed by atoms with E-state index in [2.05, 4.69) is 39.6 Å². The van der Waals surface area contributed by atoms with Crippen molar-refractivity contribution >= 4 is 16.9 Å². The van der Waals surface area contributed by atoms with E-state index in [9.17, 15) is 9.90 Å². The fraction of sp³-hybridized carbons (Fsp3) is 0.417. The first-order valence-corrected chi connectivity index (χ1v) is 10.7. The molecule has 0 saturated carbocycles. The van der Waals surface area contributed by atoms with Crippen molar-refractivity contribution in [3.05, 3.63) is 65.1 Å². The second-order valence-corrected chi connectivity index (χ2v) is 8.41. The summed E-state index contributed by atoms with van der Waals surface area (Å²) in [6, 6.07) is 11.0. The predicted octanol–water partition coefficient (Wildman–Crippen LogP) is 3.88. The van der Waals surface area contributed by atoms with Gasteiger partial charge in [0.1, 0.15) is 12.7 Å². The first-order chi connectivity index (χ1) is 14.6. The molecule has 0 amide bonds. The van der Waals surface area contributed by atoms with Crippen LogP contribution in [-0.2, 0) is 22.5 Å². The van der Waals surface area contributed by atoms with Gasteiger partial charge in [0.2, 0.25) is 0 Å². The highest BCUT2D eigenvalue weighted by atomic mass is 16.5. The van der Waals surface area contributed by atoms with Crippen molar-refractivity contribution in [3.63, 3.8) is 0 Å². The lowest BCUT2D eigenvalue weighted by atomic mass is 9.95. The van der Waals surface area contributed by atoms with Crippen molar-refractivity contribution in [1.29, 1.82) is 0 Å². The van der Waals surface area contributed by atoms with Crippen LogP contribution in [0.1, 0.15) is 47.4 Å². The molecule has 2 aliphatic heterocycles. The van der Waals surface area contributed by atoms with Crippen molar-refractivity contribution in [2.75, 3.05) is 19.7 Å². The van der Waals surface area contributed by atoms with Crippen LogP contribution in [0.25, 0.3) is 10.9 Å². The van der Waals surface area contributed by atoms with Gasteiger partial charge in [0.25, 0.3) is 0 Å². The molecule has 1 aromatic carbocycles. The molecule has 4 heterocycles. The monoisotopic (exact) mass is 405 g/mol. The maximum atomic E-state index is 11.2. The number of rotatable bonds is 6. The van der Waals surface area contributed by atoms with E-state index in [1.54, 1.807) is 12.4 Å². The van der Waals surface area contributed by atoms with Crippen LogP contribution in [0.15, 0.2) is 42.7 Å². The molecule has 0 radical (unpaired) electrons. The van der Waals surface area contributed by atoms with Crippen LogP contribution in [-0.4, -0.2) is 45.2 Å². The predicted molar refractivity (Wildman–Crippen MR) is 114 cm³/mol. The Morgan fingerprint density at radius 2 is 2.10 bits per heavy atom. The summed E-state index contributed by atoms with van der Waals surface area (Å²) in [4.78, 5) is 17.9. The summed E-state index contributed by atoms with van der Waals surface area (Å²) in [5, 5.41) is 10.5. The molecule has 0 aliphatic carbocycles. The number of ether oxygens (including phenoxy) is 1. The first-order valence-electron chi connectivity index (χ1n) is 10.7. The Labute approximate surface area is 176 Å². The molecule has 5 rings (SSSR count). The number of hydrogen-bond donors (Lipinski definition) is 1. The van der Waals surface area contributed by atoms with Crippen LogP contribution < -0.4 is 0 Å². The second kappa shape index (κ2) is 7.85. The molecule has 30 heavy (non-hydrogen) atoms. The van der Waals surface area contributed by atoms with Crippen molar-refractivity contribution < 1.29 is 14.6 Å². The number of nitrogens with zero attached hydrogens (tertiary/aromatic N) is 3. The topological polar surface area (TPSA) is 67.6 Å². The Morgan fingerprint density at radius 3 is 2.90 bits per heavy atom. The average molecular weight is 405 g/mol. The van der Waals surface area contributed by atoms with E-state index in [0.29, 0.717) is 12.6 Å². The minimum Gasteiger partial charge on any atom is -0.480 e. The molecule has 6 nitrogen and oxygen atoms in total. The minimum absolute atomic E-state index is 0.316. The van der Waals surface area contributed by atoms with Gasteiger partial charge in [0.05, 0.1) is 6.54 Å². The van der Waals surface area contributed by atoms with Gasteiger partial charge < -0.3 is 14.4 Å². The number of fused-ring (bicyclic) bond motifs is 5. The van der Waals surface area contributed by atoms with E-state index < -0.39 is 5.97 Å². The molecule has 0 spiro atoms. The second-order valence-electron chi connectivity index (χ2n) is 8.41. The van der Waals surface area contributed by atoms with E-state index in [1.165, 1.54) is 47.1 Å². The summed E-state index contributed by atoms with van der Waals surface area (Å²) in [6.45, 7) is 4.70. The quantitative estimate of drug-likeness (QED) is 0.674. The van der Waals surface area contributed by atoms with Gasteiger partial charge in [-0.25, -0.2) is 4.79 Å². The molecule has 2 atom stereocenters. The number of carboxylic acid groups (broad SMARTS) is 1. The van der Waals surface area contributed by atoms with Crippen molar-refractivity contribution in [3.8, 4) is 0 Å². The first kappa shape index (κ1) is 19.3. The molecule has 6 heteroatoms. The summed E-state index contributed by atoms with van der Waals surface area (Å²) in [5.74, 6) is -0.953. The summed E-state index contributed by atoms with van der Waals surface area (Å²) in [6.07, 6.45) is 6.60. The fourth-order valence-electron chi connectivity index (χ4n) is 5.24. The maximum absolute atomic E-state index is 11.2. The lowest BCUT2D eigenvalue weighted by molar-refractivity contribution is -0.144. The molecular formula is C24H27N3O3. The van der Waals surface area contributed by atoms with Crippen LogP contribution in [0.4, 0.5) is 0 Å². The van der Waals surface area contributed by atoms with Gasteiger partial charge >= 0.3 is 5.97 Å². The highest BCUT2D eigenvalue weighted by Crippen LogP contribution is 2.43. The van der Waals surface area contributed by atoms with Gasteiger partial charge in [0.15, 0.2) is 0 Å². The number of benzene rings is 1. The molecule has 156 valence electrons. The Bertz CT molecular complexity index is 1080. The fourth-order valence-corrected chi connectivity index (χ4v) is 5.24. The molecular weight excluding hydrogens is 378 g/mol. The molecule has 2 unspecified atom stereocenters. The molecule has 3 aromatic rings. The highest BCUT2D eigenvalue weighted by molar-refractivity contribution is 5.87. The number of aliphatic carboxylic acids is 1. The number of aromatic nitrogens is 2. The number of carbonyl (C=O) groups is 1. The van der Waals surface area contributed by atoms with Crippen LogP contribution in [0.3, 0.4) is 0 Å². The van der Waals surface area contributed by atoms with Crippen molar-refractivity contribution in [2.24, 2.45) is 0 Å². The van der Waals surface area contributed by atoms with Gasteiger partial charge in [-0.1, -0.05) is 11.6 Å². The highest BCUT2D eigenvalue weighted by Gasteiger charge is 2.35. The van der Waals surface area contributed by atoms with E-state index in [4.69, 9.17) is 4.74 Å². The van der Waals surface area contributed by atoms with Crippen LogP contribution in [0.5, 0.6) is 0 Å². The Hall–Kier alpha value is -2.70. The Kier molecular flexibility index (Phi) is 5.05. The lowest BCUT2D eigenvalue weighted by Gasteiger charge is -2.31. The molecule has 2 aromatic heterocycles. The van der Waals surface area contributed by atoms with Crippen molar-refractivity contribution in [2.45, 2.75) is 44.9 Å².